The largest absolute Gasteiger partial charge is 0.489 e. The summed E-state index contributed by atoms with van der Waals surface area (Å²) in [5.74, 6) is 0.133. The molecule has 0 aliphatic carbocycles. The summed E-state index contributed by atoms with van der Waals surface area (Å²) in [6.07, 6.45) is 0.782. The number of nitrogens with zero attached hydrogens (tertiary/aromatic N) is 4. The number of nitro groups is 1. The van der Waals surface area contributed by atoms with Crippen LogP contribution in [-0.2, 0) is 19.6 Å². The molecule has 1 N–H and O–H groups in total. The highest BCUT2D eigenvalue weighted by molar-refractivity contribution is 5.93. The van der Waals surface area contributed by atoms with E-state index in [4.69, 9.17) is 14.7 Å². The van der Waals surface area contributed by atoms with Crippen LogP contribution >= 0.6 is 0 Å². The number of pyridine rings is 1. The van der Waals surface area contributed by atoms with Crippen LogP contribution in [0.4, 0.5) is 5.69 Å². The second kappa shape index (κ2) is 9.30. The average molecular weight is 460 g/mol. The Bertz CT molecular complexity index is 1390. The van der Waals surface area contributed by atoms with E-state index >= 15 is 0 Å². The zero-order valence-corrected chi connectivity index (χ0v) is 19.1. The molecule has 0 spiro atoms. The molecule has 0 unspecified atom stereocenters. The number of hydrogen-bond donors (Lipinski definition) is 1. The molecule has 4 aromatic rings. The predicted octanol–water partition coefficient (Wildman–Crippen LogP) is 4.84. The van der Waals surface area contributed by atoms with E-state index in [0.717, 1.165) is 40.2 Å². The molecule has 0 amide bonds. The van der Waals surface area contributed by atoms with Gasteiger partial charge in [-0.05, 0) is 55.3 Å². The molecule has 9 heteroatoms. The van der Waals surface area contributed by atoms with Crippen molar-refractivity contribution in [3.63, 3.8) is 0 Å². The number of aromatic carboxylic acids is 1. The maximum Gasteiger partial charge on any atom is 0.342 e. The van der Waals surface area contributed by atoms with Crippen LogP contribution in [0.2, 0.25) is 0 Å². The molecule has 9 nitrogen and oxygen atoms in total. The Labute approximate surface area is 195 Å². The molecular weight excluding hydrogens is 436 g/mol. The van der Waals surface area contributed by atoms with Crippen LogP contribution in [0.25, 0.3) is 11.2 Å². The summed E-state index contributed by atoms with van der Waals surface area (Å²) in [7, 11) is 0. The van der Waals surface area contributed by atoms with Gasteiger partial charge < -0.3 is 14.4 Å². The highest BCUT2D eigenvalue weighted by Gasteiger charge is 2.24. The van der Waals surface area contributed by atoms with Crippen LogP contribution in [0, 0.1) is 24.0 Å². The van der Waals surface area contributed by atoms with E-state index in [0.29, 0.717) is 12.3 Å². The number of ether oxygens (including phenoxy) is 1. The summed E-state index contributed by atoms with van der Waals surface area (Å²) >= 11 is 0. The third kappa shape index (κ3) is 4.45. The fourth-order valence-electron chi connectivity index (χ4n) is 4.02. The number of fused-ring (bicyclic) bond motifs is 1. The Balaban J connectivity index is 1.54. The number of nitro benzene ring substituents is 1. The fourth-order valence-corrected chi connectivity index (χ4v) is 4.02. The topological polar surface area (TPSA) is 120 Å². The number of hydrogen-bond acceptors (Lipinski definition) is 6. The minimum Gasteiger partial charge on any atom is -0.489 e. The van der Waals surface area contributed by atoms with Crippen LogP contribution in [0.15, 0.2) is 48.5 Å². The number of rotatable bonds is 8. The Morgan fingerprint density at radius 1 is 1.15 bits per heavy atom. The quantitative estimate of drug-likeness (QED) is 0.295. The lowest BCUT2D eigenvalue weighted by atomic mass is 10.1. The number of benzene rings is 2. The van der Waals surface area contributed by atoms with Crippen molar-refractivity contribution in [1.29, 1.82) is 0 Å². The Morgan fingerprint density at radius 2 is 1.88 bits per heavy atom. The number of para-hydroxylation sites is 1. The van der Waals surface area contributed by atoms with Gasteiger partial charge >= 0.3 is 5.97 Å². The Morgan fingerprint density at radius 3 is 2.53 bits per heavy atom. The molecule has 2 aromatic carbocycles. The summed E-state index contributed by atoms with van der Waals surface area (Å²) in [5, 5.41) is 20.7. The van der Waals surface area contributed by atoms with E-state index in [1.54, 1.807) is 12.1 Å². The van der Waals surface area contributed by atoms with E-state index in [1.807, 2.05) is 32.0 Å². The standard InChI is InChI=1S/C25H24N4O5/c1-4-21-27-22-15(2)12-16(3)26-24(22)28(21)13-17-8-10-19(11-9-17)34-14-18-6-5-7-20(25(30)31)23(18)29(32)33/h5-12H,4,13-14H2,1-3H3,(H,30,31). The van der Waals surface area contributed by atoms with Crippen molar-refractivity contribution in [2.24, 2.45) is 0 Å². The minimum atomic E-state index is -1.35. The molecule has 2 heterocycles. The normalized spacial score (nSPS) is 11.0. The molecule has 4 rings (SSSR count). The van der Waals surface area contributed by atoms with Crippen LogP contribution in [0.5, 0.6) is 5.75 Å². The van der Waals surface area contributed by atoms with Gasteiger partial charge in [0, 0.05) is 12.1 Å². The lowest BCUT2D eigenvalue weighted by molar-refractivity contribution is -0.386. The van der Waals surface area contributed by atoms with Crippen molar-refractivity contribution in [2.75, 3.05) is 0 Å². The summed E-state index contributed by atoms with van der Waals surface area (Å²) < 4.78 is 7.84. The summed E-state index contributed by atoms with van der Waals surface area (Å²) in [6.45, 7) is 6.55. The molecule has 0 saturated heterocycles. The summed E-state index contributed by atoms with van der Waals surface area (Å²) in [6, 6.07) is 13.6. The van der Waals surface area contributed by atoms with Gasteiger partial charge in [-0.2, -0.15) is 0 Å². The average Bonchev–Trinajstić information content (AvgIpc) is 3.15. The van der Waals surface area contributed by atoms with Crippen LogP contribution < -0.4 is 4.74 Å². The zero-order valence-electron chi connectivity index (χ0n) is 19.1. The van der Waals surface area contributed by atoms with E-state index in [9.17, 15) is 20.0 Å². The minimum absolute atomic E-state index is 0.120. The zero-order chi connectivity index (χ0) is 24.4. The number of carbonyl (C=O) groups is 1. The smallest absolute Gasteiger partial charge is 0.342 e. The number of imidazole rings is 1. The summed E-state index contributed by atoms with van der Waals surface area (Å²) in [5.41, 5.74) is 4.22. The van der Waals surface area contributed by atoms with Gasteiger partial charge in [0.25, 0.3) is 5.69 Å². The first-order chi connectivity index (χ1) is 16.3. The summed E-state index contributed by atoms with van der Waals surface area (Å²) in [4.78, 5) is 31.5. The molecular formula is C25H24N4O5. The molecule has 174 valence electrons. The third-order valence-corrected chi connectivity index (χ3v) is 5.61. The van der Waals surface area contributed by atoms with E-state index in [1.165, 1.54) is 18.2 Å². The van der Waals surface area contributed by atoms with Crippen LogP contribution in [-0.4, -0.2) is 30.5 Å². The van der Waals surface area contributed by atoms with Gasteiger partial charge in [-0.3, -0.25) is 10.1 Å². The Kier molecular flexibility index (Phi) is 6.27. The van der Waals surface area contributed by atoms with Crippen molar-refractivity contribution >= 4 is 22.8 Å². The number of aryl methyl sites for hydroxylation is 3. The van der Waals surface area contributed by atoms with Crippen molar-refractivity contribution in [3.05, 3.63) is 92.4 Å². The maximum absolute atomic E-state index is 11.4. The lowest BCUT2D eigenvalue weighted by Gasteiger charge is -2.11. The maximum atomic E-state index is 11.4. The van der Waals surface area contributed by atoms with Gasteiger partial charge in [0.05, 0.1) is 17.0 Å². The van der Waals surface area contributed by atoms with Crippen molar-refractivity contribution in [2.45, 2.75) is 40.3 Å². The molecule has 0 atom stereocenters. The van der Waals surface area contributed by atoms with Crippen molar-refractivity contribution in [3.8, 4) is 5.75 Å². The highest BCUT2D eigenvalue weighted by Crippen LogP contribution is 2.26. The molecule has 0 fully saturated rings. The van der Waals surface area contributed by atoms with E-state index in [2.05, 4.69) is 11.5 Å². The van der Waals surface area contributed by atoms with E-state index in [-0.39, 0.29) is 17.7 Å². The molecule has 2 aromatic heterocycles. The van der Waals surface area contributed by atoms with Gasteiger partial charge in [0.1, 0.15) is 29.3 Å². The third-order valence-electron chi connectivity index (χ3n) is 5.61. The van der Waals surface area contributed by atoms with E-state index < -0.39 is 16.6 Å². The number of carboxylic acid groups (broad SMARTS) is 1. The lowest BCUT2D eigenvalue weighted by Crippen LogP contribution is -2.08. The molecule has 0 aliphatic rings. The fraction of sp³-hybridized carbons (Fsp3) is 0.240. The number of aromatic nitrogens is 3. The van der Waals surface area contributed by atoms with Crippen LogP contribution in [0.3, 0.4) is 0 Å². The SMILES string of the molecule is CCc1nc2c(C)cc(C)nc2n1Cc1ccc(OCc2cccc(C(=O)O)c2[N+](=O)[O-])cc1. The van der Waals surface area contributed by atoms with Crippen molar-refractivity contribution in [1.82, 2.24) is 14.5 Å². The first-order valence-electron chi connectivity index (χ1n) is 10.8. The Hall–Kier alpha value is -4.27. The van der Waals surface area contributed by atoms with Gasteiger partial charge in [-0.25, -0.2) is 14.8 Å². The molecule has 0 radical (unpaired) electrons. The number of carboxylic acids is 1. The van der Waals surface area contributed by atoms with Crippen LogP contribution in [0.1, 0.15) is 45.5 Å². The second-order valence-corrected chi connectivity index (χ2v) is 8.03. The van der Waals surface area contributed by atoms with Gasteiger partial charge in [-0.15, -0.1) is 0 Å². The van der Waals surface area contributed by atoms with Crippen molar-refractivity contribution < 1.29 is 19.6 Å². The van der Waals surface area contributed by atoms with Gasteiger partial charge in [-0.1, -0.05) is 25.1 Å². The monoisotopic (exact) mass is 460 g/mol. The van der Waals surface area contributed by atoms with Gasteiger partial charge in [0.15, 0.2) is 5.65 Å². The molecule has 0 saturated carbocycles. The van der Waals surface area contributed by atoms with Gasteiger partial charge in [0.2, 0.25) is 0 Å². The highest BCUT2D eigenvalue weighted by atomic mass is 16.6. The first kappa shape index (κ1) is 22.9. The predicted molar refractivity (Wildman–Crippen MR) is 126 cm³/mol. The first-order valence-corrected chi connectivity index (χ1v) is 10.8. The molecule has 0 bridgehead atoms. The molecule has 0 aliphatic heterocycles. The second-order valence-electron chi connectivity index (χ2n) is 8.03. The molecule has 34 heavy (non-hydrogen) atoms.